The highest BCUT2D eigenvalue weighted by molar-refractivity contribution is 7.10. The lowest BCUT2D eigenvalue weighted by Crippen LogP contribution is -2.42. The molecular formula is C20H29N3O2S. The number of thiophene rings is 1. The summed E-state index contributed by atoms with van der Waals surface area (Å²) >= 11 is 1.78. The van der Waals surface area contributed by atoms with Crippen molar-refractivity contribution in [1.29, 1.82) is 0 Å². The summed E-state index contributed by atoms with van der Waals surface area (Å²) in [6, 6.07) is 10.2. The maximum atomic E-state index is 5.64. The Kier molecular flexibility index (Phi) is 7.33. The van der Waals surface area contributed by atoms with Crippen LogP contribution in [0.3, 0.4) is 0 Å². The minimum Gasteiger partial charge on any atom is -0.493 e. The number of aliphatic imine (C=N–C) groups is 1. The van der Waals surface area contributed by atoms with Crippen molar-refractivity contribution in [2.45, 2.75) is 32.7 Å². The highest BCUT2D eigenvalue weighted by Crippen LogP contribution is 2.28. The lowest BCUT2D eigenvalue weighted by atomic mass is 9.91. The summed E-state index contributed by atoms with van der Waals surface area (Å²) in [5, 5.41) is 8.89. The van der Waals surface area contributed by atoms with Gasteiger partial charge in [0.25, 0.3) is 0 Å². The van der Waals surface area contributed by atoms with Crippen LogP contribution in [0, 0.1) is 0 Å². The molecule has 6 heteroatoms. The second-order valence-electron chi connectivity index (χ2n) is 6.56. The van der Waals surface area contributed by atoms with Gasteiger partial charge in [-0.3, -0.25) is 4.99 Å². The van der Waals surface area contributed by atoms with Crippen molar-refractivity contribution in [3.05, 3.63) is 46.2 Å². The molecule has 1 aromatic carbocycles. The molecule has 142 valence electrons. The molecule has 0 saturated carbocycles. The van der Waals surface area contributed by atoms with Crippen molar-refractivity contribution in [3.63, 3.8) is 0 Å². The molecular weight excluding hydrogens is 346 g/mol. The molecule has 5 nitrogen and oxygen atoms in total. The molecule has 1 aromatic heterocycles. The number of ether oxygens (including phenoxy) is 2. The Bertz CT molecular complexity index is 712. The summed E-state index contributed by atoms with van der Waals surface area (Å²) in [6.07, 6.45) is 0. The van der Waals surface area contributed by atoms with Gasteiger partial charge in [-0.05, 0) is 36.1 Å². The fourth-order valence-electron chi connectivity index (χ4n) is 2.56. The Morgan fingerprint density at radius 3 is 2.62 bits per heavy atom. The second kappa shape index (κ2) is 9.48. The number of hydrogen-bond acceptors (Lipinski definition) is 4. The van der Waals surface area contributed by atoms with Gasteiger partial charge in [-0.1, -0.05) is 26.0 Å². The zero-order valence-electron chi connectivity index (χ0n) is 16.3. The first kappa shape index (κ1) is 20.1. The van der Waals surface area contributed by atoms with E-state index in [2.05, 4.69) is 47.0 Å². The molecule has 0 fully saturated rings. The van der Waals surface area contributed by atoms with Gasteiger partial charge >= 0.3 is 0 Å². The predicted molar refractivity (Wildman–Crippen MR) is 110 cm³/mol. The number of nitrogens with one attached hydrogen (secondary N) is 2. The third-order valence-corrected chi connectivity index (χ3v) is 5.33. The topological polar surface area (TPSA) is 54.9 Å². The largest absolute Gasteiger partial charge is 0.493 e. The number of methoxy groups -OCH3 is 1. The monoisotopic (exact) mass is 375 g/mol. The van der Waals surface area contributed by atoms with Gasteiger partial charge in [0.1, 0.15) is 0 Å². The smallest absolute Gasteiger partial charge is 0.191 e. The highest BCUT2D eigenvalue weighted by atomic mass is 32.1. The van der Waals surface area contributed by atoms with Crippen molar-refractivity contribution in [3.8, 4) is 11.5 Å². The Morgan fingerprint density at radius 1 is 1.19 bits per heavy atom. The van der Waals surface area contributed by atoms with E-state index in [-0.39, 0.29) is 5.41 Å². The number of nitrogens with zero attached hydrogens (tertiary/aromatic N) is 1. The number of benzene rings is 1. The zero-order chi connectivity index (χ0) is 19.0. The first-order valence-electron chi connectivity index (χ1n) is 8.78. The van der Waals surface area contributed by atoms with Crippen LogP contribution < -0.4 is 20.1 Å². The Morgan fingerprint density at radius 2 is 2.00 bits per heavy atom. The van der Waals surface area contributed by atoms with E-state index in [9.17, 15) is 0 Å². The third kappa shape index (κ3) is 5.39. The van der Waals surface area contributed by atoms with Crippen molar-refractivity contribution >= 4 is 17.3 Å². The Balaban J connectivity index is 1.93. The molecule has 0 atom stereocenters. The molecule has 0 aliphatic rings. The standard InChI is InChI=1S/C20H29N3O2S/c1-6-25-17-12-15(9-10-16(17)24-5)13-22-19(21-4)23-14-20(2,3)18-8-7-11-26-18/h7-12H,6,13-14H2,1-5H3,(H2,21,22,23). The normalized spacial score (nSPS) is 12.0. The van der Waals surface area contributed by atoms with Gasteiger partial charge in [0.2, 0.25) is 0 Å². The molecule has 0 aliphatic heterocycles. The van der Waals surface area contributed by atoms with Gasteiger partial charge in [-0.15, -0.1) is 11.3 Å². The zero-order valence-corrected chi connectivity index (χ0v) is 17.1. The summed E-state index contributed by atoms with van der Waals surface area (Å²) in [6.45, 7) is 8.50. The van der Waals surface area contributed by atoms with Crippen molar-refractivity contribution < 1.29 is 9.47 Å². The van der Waals surface area contributed by atoms with Gasteiger partial charge in [-0.2, -0.15) is 0 Å². The molecule has 2 N–H and O–H groups in total. The highest BCUT2D eigenvalue weighted by Gasteiger charge is 2.21. The first-order chi connectivity index (χ1) is 12.5. The lowest BCUT2D eigenvalue weighted by Gasteiger charge is -2.25. The van der Waals surface area contributed by atoms with E-state index in [0.717, 1.165) is 29.6 Å². The summed E-state index contributed by atoms with van der Waals surface area (Å²) < 4.78 is 11.0. The van der Waals surface area contributed by atoms with Crippen LogP contribution in [0.2, 0.25) is 0 Å². The lowest BCUT2D eigenvalue weighted by molar-refractivity contribution is 0.310. The minimum atomic E-state index is 0.0496. The Hall–Kier alpha value is -2.21. The van der Waals surface area contributed by atoms with E-state index in [1.807, 2.05) is 25.1 Å². The second-order valence-corrected chi connectivity index (χ2v) is 7.51. The first-order valence-corrected chi connectivity index (χ1v) is 9.66. The Labute approximate surface area is 160 Å². The molecule has 0 unspecified atom stereocenters. The van der Waals surface area contributed by atoms with E-state index in [4.69, 9.17) is 9.47 Å². The summed E-state index contributed by atoms with van der Waals surface area (Å²) in [5.74, 6) is 2.29. The summed E-state index contributed by atoms with van der Waals surface area (Å²) in [5.41, 5.74) is 1.16. The van der Waals surface area contributed by atoms with E-state index < -0.39 is 0 Å². The van der Waals surface area contributed by atoms with Gasteiger partial charge in [0.05, 0.1) is 13.7 Å². The van der Waals surface area contributed by atoms with Crippen LogP contribution in [-0.4, -0.2) is 33.3 Å². The number of rotatable bonds is 8. The molecule has 2 rings (SSSR count). The van der Waals surface area contributed by atoms with Crippen LogP contribution in [0.5, 0.6) is 11.5 Å². The number of hydrogen-bond donors (Lipinski definition) is 2. The molecule has 1 heterocycles. The van der Waals surface area contributed by atoms with Crippen molar-refractivity contribution in [1.82, 2.24) is 10.6 Å². The van der Waals surface area contributed by atoms with Crippen LogP contribution in [0.25, 0.3) is 0 Å². The summed E-state index contributed by atoms with van der Waals surface area (Å²) in [4.78, 5) is 5.68. The fraction of sp³-hybridized carbons (Fsp3) is 0.450. The van der Waals surface area contributed by atoms with Crippen molar-refractivity contribution in [2.75, 3.05) is 27.3 Å². The maximum absolute atomic E-state index is 5.64. The molecule has 26 heavy (non-hydrogen) atoms. The SMILES string of the molecule is CCOc1cc(CNC(=NC)NCC(C)(C)c2cccs2)ccc1OC. The van der Waals surface area contributed by atoms with Crippen LogP contribution in [-0.2, 0) is 12.0 Å². The quantitative estimate of drug-likeness (QED) is 0.544. The van der Waals surface area contributed by atoms with Gasteiger partial charge in [0, 0.05) is 30.4 Å². The van der Waals surface area contributed by atoms with Crippen LogP contribution in [0.4, 0.5) is 0 Å². The molecule has 0 radical (unpaired) electrons. The number of guanidine groups is 1. The van der Waals surface area contributed by atoms with Gasteiger partial charge in [0.15, 0.2) is 17.5 Å². The maximum Gasteiger partial charge on any atom is 0.191 e. The van der Waals surface area contributed by atoms with Crippen LogP contribution in [0.1, 0.15) is 31.2 Å². The third-order valence-electron chi connectivity index (χ3n) is 4.10. The van der Waals surface area contributed by atoms with Crippen LogP contribution in [0.15, 0.2) is 40.7 Å². The molecule has 2 aromatic rings. The van der Waals surface area contributed by atoms with E-state index >= 15 is 0 Å². The average Bonchev–Trinajstić information content (AvgIpc) is 3.18. The molecule has 0 spiro atoms. The minimum absolute atomic E-state index is 0.0496. The fourth-order valence-corrected chi connectivity index (χ4v) is 3.41. The van der Waals surface area contributed by atoms with Crippen molar-refractivity contribution in [2.24, 2.45) is 4.99 Å². The van der Waals surface area contributed by atoms with Gasteiger partial charge < -0.3 is 20.1 Å². The van der Waals surface area contributed by atoms with Gasteiger partial charge in [-0.25, -0.2) is 0 Å². The average molecular weight is 376 g/mol. The van der Waals surface area contributed by atoms with E-state index in [1.165, 1.54) is 4.88 Å². The van der Waals surface area contributed by atoms with Crippen LogP contribution >= 0.6 is 11.3 Å². The molecule has 0 saturated heterocycles. The predicted octanol–water partition coefficient (Wildman–Crippen LogP) is 3.80. The molecule has 0 bridgehead atoms. The molecule has 0 aliphatic carbocycles. The van der Waals surface area contributed by atoms with E-state index in [1.54, 1.807) is 25.5 Å². The molecule has 0 amide bonds. The van der Waals surface area contributed by atoms with E-state index in [0.29, 0.717) is 13.2 Å². The summed E-state index contributed by atoms with van der Waals surface area (Å²) in [7, 11) is 3.43.